The summed E-state index contributed by atoms with van der Waals surface area (Å²) in [6, 6.07) is 7.77. The Morgan fingerprint density at radius 1 is 1.53 bits per heavy atom. The molecule has 3 N–H and O–H groups in total. The minimum Gasteiger partial charge on any atom is -0.384 e. The van der Waals surface area contributed by atoms with Crippen LogP contribution < -0.4 is 10.6 Å². The second-order valence-corrected chi connectivity index (χ2v) is 4.36. The van der Waals surface area contributed by atoms with E-state index in [0.717, 1.165) is 23.5 Å². The van der Waals surface area contributed by atoms with Crippen LogP contribution in [0.5, 0.6) is 0 Å². The number of amidine groups is 1. The number of nitrogens with one attached hydrogen (secondary N) is 1. The van der Waals surface area contributed by atoms with Crippen LogP contribution in [0.1, 0.15) is 5.56 Å². The molecule has 0 aliphatic carbocycles. The standard InChI is InChI=1S/C11H17N3S/c1-14(6-7-15-2)10-5-3-4-9(8-10)11(12)13/h3-5,8H,6-7H2,1-2H3,(H3,12,13). The first-order chi connectivity index (χ1) is 7.15. The van der Waals surface area contributed by atoms with Crippen LogP contribution in [0.2, 0.25) is 0 Å². The van der Waals surface area contributed by atoms with Gasteiger partial charge in [0.25, 0.3) is 0 Å². The summed E-state index contributed by atoms with van der Waals surface area (Å²) in [6.45, 7) is 1.00. The van der Waals surface area contributed by atoms with E-state index in [4.69, 9.17) is 11.1 Å². The second-order valence-electron chi connectivity index (χ2n) is 3.38. The number of benzene rings is 1. The zero-order valence-corrected chi connectivity index (χ0v) is 9.97. The molecule has 1 aromatic carbocycles. The quantitative estimate of drug-likeness (QED) is 0.591. The van der Waals surface area contributed by atoms with Crippen LogP contribution in [0.4, 0.5) is 5.69 Å². The lowest BCUT2D eigenvalue weighted by Gasteiger charge is -2.19. The molecule has 0 aliphatic heterocycles. The maximum absolute atomic E-state index is 7.37. The van der Waals surface area contributed by atoms with E-state index < -0.39 is 0 Å². The lowest BCUT2D eigenvalue weighted by Crippen LogP contribution is -2.21. The Morgan fingerprint density at radius 2 is 2.27 bits per heavy atom. The Bertz CT molecular complexity index is 338. The number of hydrogen-bond acceptors (Lipinski definition) is 3. The van der Waals surface area contributed by atoms with Crippen molar-refractivity contribution in [3.8, 4) is 0 Å². The number of nitrogens with two attached hydrogens (primary N) is 1. The molecule has 0 saturated carbocycles. The Hall–Kier alpha value is -1.16. The summed E-state index contributed by atoms with van der Waals surface area (Å²) in [5.41, 5.74) is 7.33. The third-order valence-electron chi connectivity index (χ3n) is 2.23. The van der Waals surface area contributed by atoms with Crippen molar-refractivity contribution < 1.29 is 0 Å². The van der Waals surface area contributed by atoms with Crippen molar-refractivity contribution in [2.24, 2.45) is 5.73 Å². The van der Waals surface area contributed by atoms with Crippen LogP contribution in [0.15, 0.2) is 24.3 Å². The van der Waals surface area contributed by atoms with Gasteiger partial charge in [-0.1, -0.05) is 12.1 Å². The first kappa shape index (κ1) is 11.9. The molecule has 3 nitrogen and oxygen atoms in total. The van der Waals surface area contributed by atoms with Crippen LogP contribution in [0, 0.1) is 5.41 Å². The molecule has 0 spiro atoms. The average Bonchev–Trinajstić information content (AvgIpc) is 2.26. The van der Waals surface area contributed by atoms with Crippen LogP contribution >= 0.6 is 11.8 Å². The highest BCUT2D eigenvalue weighted by atomic mass is 32.2. The topological polar surface area (TPSA) is 53.1 Å². The molecule has 0 unspecified atom stereocenters. The molecule has 0 fully saturated rings. The lowest BCUT2D eigenvalue weighted by molar-refractivity contribution is 0.978. The molecule has 0 amide bonds. The van der Waals surface area contributed by atoms with Crippen molar-refractivity contribution in [3.05, 3.63) is 29.8 Å². The van der Waals surface area contributed by atoms with Gasteiger partial charge in [-0.3, -0.25) is 5.41 Å². The number of anilines is 1. The molecule has 0 aromatic heterocycles. The summed E-state index contributed by atoms with van der Waals surface area (Å²) in [5, 5.41) is 7.37. The number of nitrogen functional groups attached to an aromatic ring is 1. The van der Waals surface area contributed by atoms with Crippen LogP contribution in [-0.4, -0.2) is 31.4 Å². The van der Waals surface area contributed by atoms with E-state index in [1.54, 1.807) is 0 Å². The number of nitrogens with zero attached hydrogens (tertiary/aromatic N) is 1. The highest BCUT2D eigenvalue weighted by molar-refractivity contribution is 7.98. The molecular formula is C11H17N3S. The maximum Gasteiger partial charge on any atom is 0.122 e. The summed E-state index contributed by atoms with van der Waals surface area (Å²) in [5.74, 6) is 1.22. The second kappa shape index (κ2) is 5.66. The van der Waals surface area contributed by atoms with Gasteiger partial charge < -0.3 is 10.6 Å². The molecule has 15 heavy (non-hydrogen) atoms. The van der Waals surface area contributed by atoms with Gasteiger partial charge >= 0.3 is 0 Å². The molecule has 0 saturated heterocycles. The zero-order valence-electron chi connectivity index (χ0n) is 9.16. The smallest absolute Gasteiger partial charge is 0.122 e. The lowest BCUT2D eigenvalue weighted by atomic mass is 10.2. The van der Waals surface area contributed by atoms with E-state index >= 15 is 0 Å². The highest BCUT2D eigenvalue weighted by Gasteiger charge is 2.02. The van der Waals surface area contributed by atoms with Gasteiger partial charge in [0.15, 0.2) is 0 Å². The van der Waals surface area contributed by atoms with Gasteiger partial charge in [0.1, 0.15) is 5.84 Å². The zero-order chi connectivity index (χ0) is 11.3. The Morgan fingerprint density at radius 3 is 2.87 bits per heavy atom. The van der Waals surface area contributed by atoms with Crippen molar-refractivity contribution in [1.82, 2.24) is 0 Å². The van der Waals surface area contributed by atoms with E-state index in [9.17, 15) is 0 Å². The average molecular weight is 223 g/mol. The Kier molecular flexibility index (Phi) is 4.49. The van der Waals surface area contributed by atoms with E-state index in [-0.39, 0.29) is 5.84 Å². The van der Waals surface area contributed by atoms with Gasteiger partial charge in [-0.2, -0.15) is 11.8 Å². The van der Waals surface area contributed by atoms with Crippen molar-refractivity contribution in [2.75, 3.05) is 30.5 Å². The summed E-state index contributed by atoms with van der Waals surface area (Å²) < 4.78 is 0. The molecule has 0 radical (unpaired) electrons. The maximum atomic E-state index is 7.37. The van der Waals surface area contributed by atoms with Gasteiger partial charge in [0.05, 0.1) is 0 Å². The van der Waals surface area contributed by atoms with Gasteiger partial charge in [0.2, 0.25) is 0 Å². The van der Waals surface area contributed by atoms with E-state index in [2.05, 4.69) is 18.2 Å². The molecule has 82 valence electrons. The normalized spacial score (nSPS) is 10.0. The van der Waals surface area contributed by atoms with E-state index in [1.165, 1.54) is 0 Å². The predicted molar refractivity (Wildman–Crippen MR) is 69.1 cm³/mol. The third kappa shape index (κ3) is 3.47. The van der Waals surface area contributed by atoms with Crippen molar-refractivity contribution >= 4 is 23.3 Å². The third-order valence-corrected chi connectivity index (χ3v) is 2.82. The molecule has 0 heterocycles. The summed E-state index contributed by atoms with van der Waals surface area (Å²) in [7, 11) is 2.05. The number of rotatable bonds is 5. The Labute approximate surface area is 95.2 Å². The van der Waals surface area contributed by atoms with Crippen LogP contribution in [-0.2, 0) is 0 Å². The van der Waals surface area contributed by atoms with Crippen molar-refractivity contribution in [2.45, 2.75) is 0 Å². The number of thioether (sulfide) groups is 1. The summed E-state index contributed by atoms with van der Waals surface area (Å²) in [6.07, 6.45) is 2.10. The van der Waals surface area contributed by atoms with Crippen molar-refractivity contribution in [1.29, 1.82) is 5.41 Å². The van der Waals surface area contributed by atoms with Crippen LogP contribution in [0.3, 0.4) is 0 Å². The first-order valence-electron chi connectivity index (χ1n) is 4.79. The van der Waals surface area contributed by atoms with E-state index in [0.29, 0.717) is 0 Å². The van der Waals surface area contributed by atoms with Gasteiger partial charge in [-0.15, -0.1) is 0 Å². The molecule has 1 rings (SSSR count). The first-order valence-corrected chi connectivity index (χ1v) is 6.19. The molecule has 0 bridgehead atoms. The number of hydrogen-bond donors (Lipinski definition) is 2. The minimum atomic E-state index is 0.120. The summed E-state index contributed by atoms with van der Waals surface area (Å²) >= 11 is 1.83. The molecule has 0 atom stereocenters. The monoisotopic (exact) mass is 223 g/mol. The fourth-order valence-corrected chi connectivity index (χ4v) is 1.72. The summed E-state index contributed by atoms with van der Waals surface area (Å²) in [4.78, 5) is 2.17. The van der Waals surface area contributed by atoms with Crippen molar-refractivity contribution in [3.63, 3.8) is 0 Å². The van der Waals surface area contributed by atoms with Crippen LogP contribution in [0.25, 0.3) is 0 Å². The fraction of sp³-hybridized carbons (Fsp3) is 0.364. The SMILES string of the molecule is CSCCN(C)c1cccc(C(=N)N)c1. The molecule has 1 aromatic rings. The molecule has 0 aliphatic rings. The minimum absolute atomic E-state index is 0.120. The van der Waals surface area contributed by atoms with E-state index in [1.807, 2.05) is 36.0 Å². The van der Waals surface area contributed by atoms with Gasteiger partial charge in [-0.05, 0) is 18.4 Å². The molecular weight excluding hydrogens is 206 g/mol. The largest absolute Gasteiger partial charge is 0.384 e. The predicted octanol–water partition coefficient (Wildman–Crippen LogP) is 1.77. The van der Waals surface area contributed by atoms with Gasteiger partial charge in [0, 0.05) is 30.6 Å². The molecule has 4 heteroatoms. The Balaban J connectivity index is 2.76. The van der Waals surface area contributed by atoms with Gasteiger partial charge in [-0.25, -0.2) is 0 Å². The highest BCUT2D eigenvalue weighted by Crippen LogP contribution is 2.14. The fourth-order valence-electron chi connectivity index (χ4n) is 1.27.